The second-order valence-corrected chi connectivity index (χ2v) is 8.48. The monoisotopic (exact) mass is 509 g/mol. The molecule has 10 heteroatoms. The zero-order valence-corrected chi connectivity index (χ0v) is 19.5. The first-order valence-corrected chi connectivity index (χ1v) is 11.2. The van der Waals surface area contributed by atoms with Crippen LogP contribution < -0.4 is 10.6 Å². The lowest BCUT2D eigenvalue weighted by atomic mass is 9.79. The fraction of sp³-hybridized carbons (Fsp3) is 0.280. The van der Waals surface area contributed by atoms with E-state index in [-0.39, 0.29) is 29.3 Å². The summed E-state index contributed by atoms with van der Waals surface area (Å²) in [5.41, 5.74) is -2.28. The first-order valence-electron chi connectivity index (χ1n) is 10.8. The standard InChI is InChI=1S/C25H24ClF4N3O2/c1-2-21(15-34)32-23(35)33-24(13-16-6-4-3-5-7-16,22-9-8-19(26)14-31-22)17-10-18(25(28,29)30)12-20(27)11-17/h3-12,14,21,34H,2,13,15H2,1H3,(H2,32,33,35)/t21-,24+/m1/s1. The number of carbonyl (C=O) groups is 1. The van der Waals surface area contributed by atoms with E-state index in [2.05, 4.69) is 15.6 Å². The second-order valence-electron chi connectivity index (χ2n) is 8.04. The molecule has 0 unspecified atom stereocenters. The molecular formula is C25H24ClF4N3O2. The Morgan fingerprint density at radius 2 is 1.77 bits per heavy atom. The molecule has 2 aromatic carbocycles. The van der Waals surface area contributed by atoms with Crippen molar-refractivity contribution < 1.29 is 27.5 Å². The normalized spacial score (nSPS) is 14.1. The highest BCUT2D eigenvalue weighted by molar-refractivity contribution is 6.30. The molecule has 3 rings (SSSR count). The topological polar surface area (TPSA) is 74.2 Å². The average molecular weight is 510 g/mol. The molecule has 3 N–H and O–H groups in total. The van der Waals surface area contributed by atoms with Crippen LogP contribution in [-0.2, 0) is 18.1 Å². The van der Waals surface area contributed by atoms with Gasteiger partial charge in [-0.25, -0.2) is 9.18 Å². The number of amides is 2. The van der Waals surface area contributed by atoms with Gasteiger partial charge in [0, 0.05) is 12.6 Å². The molecule has 2 atom stereocenters. The van der Waals surface area contributed by atoms with E-state index in [0.29, 0.717) is 18.1 Å². The van der Waals surface area contributed by atoms with E-state index >= 15 is 0 Å². The maximum atomic E-state index is 14.6. The summed E-state index contributed by atoms with van der Waals surface area (Å²) >= 11 is 5.99. The number of halogens is 5. The molecule has 1 aromatic heterocycles. The summed E-state index contributed by atoms with van der Waals surface area (Å²) in [5.74, 6) is -1.12. The molecule has 186 valence electrons. The molecule has 0 saturated carbocycles. The van der Waals surface area contributed by atoms with Gasteiger partial charge in [-0.3, -0.25) is 4.98 Å². The van der Waals surface area contributed by atoms with Gasteiger partial charge in [-0.15, -0.1) is 0 Å². The lowest BCUT2D eigenvalue weighted by Crippen LogP contribution is -2.54. The first kappa shape index (κ1) is 26.4. The Hall–Kier alpha value is -3.17. The third-order valence-electron chi connectivity index (χ3n) is 5.57. The largest absolute Gasteiger partial charge is 0.416 e. The zero-order chi connectivity index (χ0) is 25.6. The van der Waals surface area contributed by atoms with Crippen LogP contribution >= 0.6 is 11.6 Å². The van der Waals surface area contributed by atoms with Crippen molar-refractivity contribution in [1.82, 2.24) is 15.6 Å². The van der Waals surface area contributed by atoms with Crippen molar-refractivity contribution in [2.24, 2.45) is 0 Å². The number of nitrogens with zero attached hydrogens (tertiary/aromatic N) is 1. The number of benzene rings is 2. The van der Waals surface area contributed by atoms with Crippen molar-refractivity contribution in [2.75, 3.05) is 6.61 Å². The lowest BCUT2D eigenvalue weighted by molar-refractivity contribution is -0.137. The number of urea groups is 1. The second kappa shape index (κ2) is 11.0. The number of aliphatic hydroxyl groups excluding tert-OH is 1. The van der Waals surface area contributed by atoms with Crippen LogP contribution in [-0.4, -0.2) is 28.8 Å². The van der Waals surface area contributed by atoms with Crippen LogP contribution in [0.3, 0.4) is 0 Å². The predicted molar refractivity (Wildman–Crippen MR) is 124 cm³/mol. The Labute approximate surface area is 205 Å². The number of rotatable bonds is 8. The van der Waals surface area contributed by atoms with Crippen molar-refractivity contribution in [2.45, 2.75) is 37.5 Å². The van der Waals surface area contributed by atoms with Crippen LogP contribution in [0.1, 0.15) is 35.7 Å². The summed E-state index contributed by atoms with van der Waals surface area (Å²) in [6, 6.07) is 12.4. The van der Waals surface area contributed by atoms with Gasteiger partial charge < -0.3 is 15.7 Å². The van der Waals surface area contributed by atoms with E-state index in [0.717, 1.165) is 12.1 Å². The van der Waals surface area contributed by atoms with E-state index in [9.17, 15) is 27.5 Å². The maximum absolute atomic E-state index is 14.6. The van der Waals surface area contributed by atoms with E-state index < -0.39 is 35.2 Å². The van der Waals surface area contributed by atoms with Crippen molar-refractivity contribution in [3.05, 3.63) is 100 Å². The van der Waals surface area contributed by atoms with Crippen molar-refractivity contribution in [3.63, 3.8) is 0 Å². The van der Waals surface area contributed by atoms with Crippen LogP contribution in [0.25, 0.3) is 0 Å². The molecule has 2 amide bonds. The predicted octanol–water partition coefficient (Wildman–Crippen LogP) is 5.45. The number of carbonyl (C=O) groups excluding carboxylic acids is 1. The van der Waals surface area contributed by atoms with Crippen molar-refractivity contribution in [3.8, 4) is 0 Å². The number of hydrogen-bond donors (Lipinski definition) is 3. The quantitative estimate of drug-likeness (QED) is 0.354. The summed E-state index contributed by atoms with van der Waals surface area (Å²) in [6.45, 7) is 1.41. The zero-order valence-electron chi connectivity index (χ0n) is 18.7. The SMILES string of the molecule is CC[C@H](CO)NC(=O)N[C@@](Cc1ccccc1)(c1cc(F)cc(C(F)(F)F)c1)c1ccc(Cl)cn1. The molecule has 5 nitrogen and oxygen atoms in total. The third kappa shape index (κ3) is 6.49. The maximum Gasteiger partial charge on any atom is 0.416 e. The molecule has 0 radical (unpaired) electrons. The van der Waals surface area contributed by atoms with Gasteiger partial charge in [-0.05, 0) is 47.9 Å². The van der Waals surface area contributed by atoms with Crippen molar-refractivity contribution in [1.29, 1.82) is 0 Å². The third-order valence-corrected chi connectivity index (χ3v) is 5.79. The molecule has 0 aliphatic carbocycles. The van der Waals surface area contributed by atoms with Crippen LogP contribution in [0.5, 0.6) is 0 Å². The Balaban J connectivity index is 2.26. The van der Waals surface area contributed by atoms with Gasteiger partial charge in [0.1, 0.15) is 11.4 Å². The number of alkyl halides is 3. The minimum absolute atomic E-state index is 0.0490. The molecule has 0 saturated heterocycles. The number of pyridine rings is 1. The Bertz CT molecular complexity index is 1140. The van der Waals surface area contributed by atoms with Gasteiger partial charge >= 0.3 is 12.2 Å². The van der Waals surface area contributed by atoms with Crippen LogP contribution in [0.2, 0.25) is 5.02 Å². The van der Waals surface area contributed by atoms with E-state index in [1.54, 1.807) is 37.3 Å². The Kier molecular flexibility index (Phi) is 8.34. The number of hydrogen-bond acceptors (Lipinski definition) is 3. The molecule has 0 fully saturated rings. The average Bonchev–Trinajstić information content (AvgIpc) is 2.82. The summed E-state index contributed by atoms with van der Waals surface area (Å²) in [4.78, 5) is 17.3. The molecule has 1 heterocycles. The van der Waals surface area contributed by atoms with E-state index in [1.807, 2.05) is 0 Å². The number of nitrogens with one attached hydrogen (secondary N) is 2. The summed E-state index contributed by atoms with van der Waals surface area (Å²) in [5, 5.41) is 15.1. The molecule has 0 bridgehead atoms. The summed E-state index contributed by atoms with van der Waals surface area (Å²) in [7, 11) is 0. The highest BCUT2D eigenvalue weighted by Gasteiger charge is 2.41. The van der Waals surface area contributed by atoms with E-state index in [1.165, 1.54) is 18.3 Å². The van der Waals surface area contributed by atoms with Crippen LogP contribution in [0.4, 0.5) is 22.4 Å². The van der Waals surface area contributed by atoms with Crippen LogP contribution in [0, 0.1) is 5.82 Å². The van der Waals surface area contributed by atoms with Gasteiger partial charge in [-0.1, -0.05) is 48.9 Å². The lowest BCUT2D eigenvalue weighted by Gasteiger charge is -2.36. The highest BCUT2D eigenvalue weighted by Crippen LogP contribution is 2.37. The van der Waals surface area contributed by atoms with Gasteiger partial charge in [0.15, 0.2) is 0 Å². The van der Waals surface area contributed by atoms with Gasteiger partial charge in [-0.2, -0.15) is 13.2 Å². The van der Waals surface area contributed by atoms with E-state index in [4.69, 9.17) is 11.6 Å². The molecule has 0 aliphatic heterocycles. The fourth-order valence-corrected chi connectivity index (χ4v) is 3.85. The van der Waals surface area contributed by atoms with Crippen LogP contribution in [0.15, 0.2) is 66.9 Å². The van der Waals surface area contributed by atoms with Gasteiger partial charge in [0.05, 0.1) is 28.9 Å². The first-order chi connectivity index (χ1) is 16.6. The van der Waals surface area contributed by atoms with Gasteiger partial charge in [0.25, 0.3) is 0 Å². The Morgan fingerprint density at radius 1 is 1.09 bits per heavy atom. The molecule has 0 spiro atoms. The molecule has 0 aliphatic rings. The molecule has 35 heavy (non-hydrogen) atoms. The Morgan fingerprint density at radius 3 is 2.34 bits per heavy atom. The summed E-state index contributed by atoms with van der Waals surface area (Å²) < 4.78 is 55.4. The smallest absolute Gasteiger partial charge is 0.394 e. The fourth-order valence-electron chi connectivity index (χ4n) is 3.74. The molecular weight excluding hydrogens is 486 g/mol. The summed E-state index contributed by atoms with van der Waals surface area (Å²) in [6.07, 6.45) is -3.17. The number of aliphatic hydroxyl groups is 1. The molecule has 3 aromatic rings. The number of aromatic nitrogens is 1. The minimum Gasteiger partial charge on any atom is -0.394 e. The van der Waals surface area contributed by atoms with Crippen molar-refractivity contribution >= 4 is 17.6 Å². The van der Waals surface area contributed by atoms with Gasteiger partial charge in [0.2, 0.25) is 0 Å². The highest BCUT2D eigenvalue weighted by atomic mass is 35.5. The minimum atomic E-state index is -4.82.